The SMILES string of the molecule is CCC1(C)c2ccc(C(=O)/C(CC3CCCCC3O)=N/OC(=O)Cl)cc2-c2cc(C(=O)C(C)(C)N3CCOCC3)ccc21. The molecule has 1 saturated carbocycles. The Kier molecular flexibility index (Phi) is 9.23. The Morgan fingerprint density at radius 3 is 2.26 bits per heavy atom. The van der Waals surface area contributed by atoms with Gasteiger partial charge < -0.3 is 14.7 Å². The Balaban J connectivity index is 1.51. The van der Waals surface area contributed by atoms with Gasteiger partial charge in [-0.2, -0.15) is 0 Å². The second-order valence-electron chi connectivity index (χ2n) is 12.7. The molecule has 43 heavy (non-hydrogen) atoms. The first-order valence-corrected chi connectivity index (χ1v) is 15.7. The molecule has 1 N–H and O–H groups in total. The Morgan fingerprint density at radius 1 is 1.05 bits per heavy atom. The van der Waals surface area contributed by atoms with Crippen LogP contribution in [0.5, 0.6) is 0 Å². The van der Waals surface area contributed by atoms with Crippen LogP contribution in [0.1, 0.15) is 98.1 Å². The van der Waals surface area contributed by atoms with Crippen LogP contribution in [0.4, 0.5) is 4.79 Å². The number of aliphatic hydroxyl groups excluding tert-OH is 1. The number of ketones is 2. The molecule has 0 spiro atoms. The fraction of sp³-hybridized carbons (Fsp3) is 0.529. The van der Waals surface area contributed by atoms with Crippen molar-refractivity contribution in [2.45, 2.75) is 83.3 Å². The molecule has 1 saturated heterocycles. The number of fused-ring (bicyclic) bond motifs is 3. The van der Waals surface area contributed by atoms with Crippen molar-refractivity contribution in [2.75, 3.05) is 26.3 Å². The molecule has 3 aliphatic rings. The summed E-state index contributed by atoms with van der Waals surface area (Å²) >= 11 is 5.38. The number of Topliss-reactive ketones (excluding diaryl/α,β-unsaturated/α-hetero) is 2. The quantitative estimate of drug-likeness (QED) is 0.113. The number of ether oxygens (including phenoxy) is 1. The van der Waals surface area contributed by atoms with Crippen LogP contribution < -0.4 is 0 Å². The van der Waals surface area contributed by atoms with Crippen molar-refractivity contribution in [1.82, 2.24) is 4.90 Å². The molecule has 0 bridgehead atoms. The second kappa shape index (κ2) is 12.6. The fourth-order valence-corrected chi connectivity index (χ4v) is 7.06. The predicted octanol–water partition coefficient (Wildman–Crippen LogP) is 6.53. The monoisotopic (exact) mass is 608 g/mol. The van der Waals surface area contributed by atoms with Gasteiger partial charge in [-0.3, -0.25) is 14.5 Å². The van der Waals surface area contributed by atoms with Gasteiger partial charge in [-0.1, -0.05) is 56.1 Å². The number of oxime groups is 1. The van der Waals surface area contributed by atoms with Crippen molar-refractivity contribution in [3.05, 3.63) is 58.7 Å². The number of carbonyl (C=O) groups excluding carboxylic acids is 3. The number of hydrogen-bond donors (Lipinski definition) is 1. The van der Waals surface area contributed by atoms with Gasteiger partial charge in [-0.05, 0) is 73.4 Å². The molecule has 2 fully saturated rings. The highest BCUT2D eigenvalue weighted by molar-refractivity contribution is 6.61. The van der Waals surface area contributed by atoms with Gasteiger partial charge in [-0.25, -0.2) is 4.79 Å². The summed E-state index contributed by atoms with van der Waals surface area (Å²) in [4.78, 5) is 46.0. The van der Waals surface area contributed by atoms with Crippen molar-refractivity contribution in [2.24, 2.45) is 11.1 Å². The highest BCUT2D eigenvalue weighted by Crippen LogP contribution is 2.51. The number of carbonyl (C=O) groups is 3. The topological polar surface area (TPSA) is 106 Å². The van der Waals surface area contributed by atoms with E-state index in [1.807, 2.05) is 38.1 Å². The highest BCUT2D eigenvalue weighted by Gasteiger charge is 2.41. The van der Waals surface area contributed by atoms with E-state index < -0.39 is 17.1 Å². The molecule has 2 aliphatic carbocycles. The average molecular weight is 609 g/mol. The molecule has 3 unspecified atom stereocenters. The predicted molar refractivity (Wildman–Crippen MR) is 166 cm³/mol. The minimum atomic E-state index is -1.13. The van der Waals surface area contributed by atoms with Gasteiger partial charge in [0.25, 0.3) is 0 Å². The summed E-state index contributed by atoms with van der Waals surface area (Å²) in [5, 5.41) is 14.4. The van der Waals surface area contributed by atoms with Crippen LogP contribution in [-0.2, 0) is 15.0 Å². The number of aliphatic hydroxyl groups is 1. The molecule has 1 heterocycles. The van der Waals surface area contributed by atoms with Gasteiger partial charge in [0.2, 0.25) is 5.78 Å². The van der Waals surface area contributed by atoms with Crippen LogP contribution in [0.2, 0.25) is 0 Å². The maximum absolute atomic E-state index is 13.9. The molecule has 0 aromatic heterocycles. The first-order chi connectivity index (χ1) is 20.5. The second-order valence-corrected chi connectivity index (χ2v) is 13.0. The third kappa shape index (κ3) is 6.07. The first-order valence-electron chi connectivity index (χ1n) is 15.3. The summed E-state index contributed by atoms with van der Waals surface area (Å²) in [6.45, 7) is 10.9. The highest BCUT2D eigenvalue weighted by atomic mass is 35.5. The van der Waals surface area contributed by atoms with E-state index in [0.717, 1.165) is 47.9 Å². The largest absolute Gasteiger partial charge is 0.429 e. The van der Waals surface area contributed by atoms with E-state index in [9.17, 15) is 19.5 Å². The van der Waals surface area contributed by atoms with E-state index in [4.69, 9.17) is 21.2 Å². The van der Waals surface area contributed by atoms with Gasteiger partial charge in [0.1, 0.15) is 5.71 Å². The number of rotatable bonds is 9. The zero-order valence-corrected chi connectivity index (χ0v) is 26.2. The van der Waals surface area contributed by atoms with Crippen LogP contribution >= 0.6 is 11.6 Å². The Bertz CT molecular complexity index is 1450. The molecular weight excluding hydrogens is 568 g/mol. The van der Waals surface area contributed by atoms with Gasteiger partial charge in [-0.15, -0.1) is 0 Å². The Hall–Kier alpha value is -2.91. The first kappa shape index (κ1) is 31.5. The average Bonchev–Trinajstić information content (AvgIpc) is 3.27. The molecule has 2 aromatic carbocycles. The van der Waals surface area contributed by atoms with Gasteiger partial charge >= 0.3 is 5.43 Å². The normalized spacial score (nSPS) is 24.3. The van der Waals surface area contributed by atoms with Crippen molar-refractivity contribution in [1.29, 1.82) is 0 Å². The fourth-order valence-electron chi connectivity index (χ4n) is 7.03. The standard InChI is InChI=1S/C34H41ClN2O6/c1-5-34(4)26-12-10-22(30(39)28(36-43-32(35)41)20-21-8-6-7-9-29(21)38)18-24(26)25-19-23(11-13-27(25)34)31(40)33(2,3)37-14-16-42-17-15-37/h10-13,18-19,21,29,38H,5-9,14-17,20H2,1-4H3/b36-28+. The minimum Gasteiger partial charge on any atom is -0.393 e. The van der Waals surface area contributed by atoms with Crippen molar-refractivity contribution in [3.8, 4) is 11.1 Å². The molecule has 9 heteroatoms. The lowest BCUT2D eigenvalue weighted by molar-refractivity contribution is -0.00430. The third-order valence-electron chi connectivity index (χ3n) is 9.92. The van der Waals surface area contributed by atoms with Gasteiger partial charge in [0.15, 0.2) is 5.78 Å². The van der Waals surface area contributed by atoms with Crippen LogP contribution in [0, 0.1) is 5.92 Å². The van der Waals surface area contributed by atoms with E-state index in [0.29, 0.717) is 43.9 Å². The van der Waals surface area contributed by atoms with Crippen LogP contribution in [0.3, 0.4) is 0 Å². The van der Waals surface area contributed by atoms with Crippen LogP contribution in [0.15, 0.2) is 41.6 Å². The van der Waals surface area contributed by atoms with E-state index >= 15 is 0 Å². The zero-order valence-electron chi connectivity index (χ0n) is 25.5. The lowest BCUT2D eigenvalue weighted by Crippen LogP contribution is -2.54. The molecule has 2 aromatic rings. The smallest absolute Gasteiger partial charge is 0.393 e. The number of benzene rings is 2. The maximum Gasteiger partial charge on any atom is 0.429 e. The molecule has 8 nitrogen and oxygen atoms in total. The van der Waals surface area contributed by atoms with Crippen molar-refractivity contribution in [3.63, 3.8) is 0 Å². The Labute approximate surface area is 258 Å². The summed E-state index contributed by atoms with van der Waals surface area (Å²) in [6, 6.07) is 11.6. The summed E-state index contributed by atoms with van der Waals surface area (Å²) in [6.07, 6.45) is 3.77. The summed E-state index contributed by atoms with van der Waals surface area (Å²) in [5.41, 5.74) is 3.00. The lowest BCUT2D eigenvalue weighted by Gasteiger charge is -2.39. The maximum atomic E-state index is 13.9. The number of hydrogen-bond acceptors (Lipinski definition) is 8. The van der Waals surface area contributed by atoms with E-state index in [1.54, 1.807) is 6.07 Å². The number of halogens is 1. The van der Waals surface area contributed by atoms with Gasteiger partial charge in [0, 0.05) is 47.7 Å². The molecule has 0 radical (unpaired) electrons. The molecule has 0 amide bonds. The summed E-state index contributed by atoms with van der Waals surface area (Å²) < 4.78 is 5.50. The summed E-state index contributed by atoms with van der Waals surface area (Å²) in [7, 11) is 0. The Morgan fingerprint density at radius 2 is 1.65 bits per heavy atom. The number of morpholine rings is 1. The zero-order chi connectivity index (χ0) is 30.9. The molecule has 3 atom stereocenters. The minimum absolute atomic E-state index is 0.0411. The molecule has 1 aliphatic heterocycles. The lowest BCUT2D eigenvalue weighted by atomic mass is 9.77. The molecule has 5 rings (SSSR count). The number of nitrogens with zero attached hydrogens (tertiary/aromatic N) is 2. The van der Waals surface area contributed by atoms with Gasteiger partial charge in [0.05, 0.1) is 24.9 Å². The van der Waals surface area contributed by atoms with Crippen LogP contribution in [-0.4, -0.2) is 70.7 Å². The van der Waals surface area contributed by atoms with Crippen LogP contribution in [0.25, 0.3) is 11.1 Å². The van der Waals surface area contributed by atoms with Crippen molar-refractivity contribution >= 4 is 34.3 Å². The van der Waals surface area contributed by atoms with Crippen molar-refractivity contribution < 1.29 is 29.1 Å². The molecular formula is C34H41ClN2O6. The van der Waals surface area contributed by atoms with E-state index in [2.05, 4.69) is 30.0 Å². The third-order valence-corrected chi connectivity index (χ3v) is 9.99. The van der Waals surface area contributed by atoms with E-state index in [-0.39, 0.29) is 35.0 Å². The van der Waals surface area contributed by atoms with E-state index in [1.165, 1.54) is 0 Å². The summed E-state index contributed by atoms with van der Waals surface area (Å²) in [5.74, 6) is -0.502. The molecule has 230 valence electrons.